The number of rotatable bonds is 2. The fraction of sp³-hybridized carbons (Fsp3) is 0. The number of aromatic nitrogens is 2. The molecule has 1 aromatic carbocycles. The van der Waals surface area contributed by atoms with Crippen molar-refractivity contribution in [3.05, 3.63) is 52.6 Å². The van der Waals surface area contributed by atoms with E-state index in [1.165, 1.54) is 24.5 Å². The molecular weight excluding hydrogens is 208 g/mol. The van der Waals surface area contributed by atoms with Crippen LogP contribution in [0, 0.1) is 0 Å². The van der Waals surface area contributed by atoms with Crippen LogP contribution in [0.1, 0.15) is 10.4 Å². The third-order valence-corrected chi connectivity index (χ3v) is 2.11. The Morgan fingerprint density at radius 3 is 2.50 bits per heavy atom. The molecule has 5 nitrogen and oxygen atoms in total. The number of aromatic amines is 1. The van der Waals surface area contributed by atoms with Crippen LogP contribution in [0.4, 0.5) is 0 Å². The van der Waals surface area contributed by atoms with Crippen LogP contribution < -0.4 is 5.56 Å². The van der Waals surface area contributed by atoms with Gasteiger partial charge in [-0.25, -0.2) is 9.78 Å². The first-order valence-electron chi connectivity index (χ1n) is 4.55. The highest BCUT2D eigenvalue weighted by atomic mass is 16.4. The lowest BCUT2D eigenvalue weighted by Gasteiger charge is -2.00. The second-order valence-electron chi connectivity index (χ2n) is 3.18. The molecule has 5 heteroatoms. The van der Waals surface area contributed by atoms with Crippen LogP contribution in [0.2, 0.25) is 0 Å². The summed E-state index contributed by atoms with van der Waals surface area (Å²) in [6.45, 7) is 0. The fourth-order valence-electron chi connectivity index (χ4n) is 1.31. The van der Waals surface area contributed by atoms with Gasteiger partial charge in [-0.1, -0.05) is 12.1 Å². The van der Waals surface area contributed by atoms with Gasteiger partial charge in [0.05, 0.1) is 17.6 Å². The van der Waals surface area contributed by atoms with E-state index in [1.54, 1.807) is 12.1 Å². The van der Waals surface area contributed by atoms with E-state index in [-0.39, 0.29) is 11.1 Å². The van der Waals surface area contributed by atoms with E-state index >= 15 is 0 Å². The summed E-state index contributed by atoms with van der Waals surface area (Å²) < 4.78 is 0. The molecule has 16 heavy (non-hydrogen) atoms. The number of carboxylic acids is 1. The summed E-state index contributed by atoms with van der Waals surface area (Å²) in [5, 5.41) is 8.72. The number of hydrogen-bond donors (Lipinski definition) is 2. The van der Waals surface area contributed by atoms with Crippen LogP contribution in [0.3, 0.4) is 0 Å². The molecule has 0 amide bonds. The topological polar surface area (TPSA) is 83.0 Å². The number of nitrogens with one attached hydrogen (secondary N) is 1. The quantitative estimate of drug-likeness (QED) is 0.788. The molecule has 0 radical (unpaired) electrons. The summed E-state index contributed by atoms with van der Waals surface area (Å²) in [5.41, 5.74) is 1.18. The van der Waals surface area contributed by atoms with E-state index < -0.39 is 5.97 Å². The van der Waals surface area contributed by atoms with E-state index in [2.05, 4.69) is 9.97 Å². The van der Waals surface area contributed by atoms with Gasteiger partial charge in [-0.2, -0.15) is 0 Å². The molecule has 0 atom stereocenters. The van der Waals surface area contributed by atoms with Crippen LogP contribution in [0.15, 0.2) is 41.5 Å². The molecule has 80 valence electrons. The molecule has 0 saturated heterocycles. The van der Waals surface area contributed by atoms with E-state index in [4.69, 9.17) is 5.11 Å². The molecule has 0 aliphatic carbocycles. The van der Waals surface area contributed by atoms with E-state index in [0.717, 1.165) is 0 Å². The fourth-order valence-corrected chi connectivity index (χ4v) is 1.31. The van der Waals surface area contributed by atoms with Crippen LogP contribution in [-0.4, -0.2) is 21.0 Å². The molecule has 0 aliphatic heterocycles. The van der Waals surface area contributed by atoms with E-state index in [1.807, 2.05) is 0 Å². The lowest BCUT2D eigenvalue weighted by Crippen LogP contribution is -2.04. The Kier molecular flexibility index (Phi) is 2.51. The standard InChI is InChI=1S/C11H8N2O3/c14-10-5-9(12-6-13-10)7-1-3-8(4-2-7)11(15)16/h1-6H,(H,15,16)(H,12,13,14). The van der Waals surface area contributed by atoms with Gasteiger partial charge in [-0.3, -0.25) is 4.79 Å². The molecule has 0 fully saturated rings. The predicted octanol–water partition coefficient (Wildman–Crippen LogP) is 1.14. The zero-order valence-electron chi connectivity index (χ0n) is 8.18. The van der Waals surface area contributed by atoms with Crippen molar-refractivity contribution in [1.82, 2.24) is 9.97 Å². The van der Waals surface area contributed by atoms with Gasteiger partial charge in [0.15, 0.2) is 0 Å². The van der Waals surface area contributed by atoms with Gasteiger partial charge in [-0.05, 0) is 12.1 Å². The van der Waals surface area contributed by atoms with Crippen molar-refractivity contribution >= 4 is 5.97 Å². The van der Waals surface area contributed by atoms with Crippen molar-refractivity contribution < 1.29 is 9.90 Å². The molecular formula is C11H8N2O3. The minimum absolute atomic E-state index is 0.202. The number of benzene rings is 1. The normalized spacial score (nSPS) is 10.0. The zero-order chi connectivity index (χ0) is 11.5. The molecule has 2 aromatic rings. The van der Waals surface area contributed by atoms with Gasteiger partial charge < -0.3 is 10.1 Å². The average Bonchev–Trinajstić information content (AvgIpc) is 2.29. The summed E-state index contributed by atoms with van der Waals surface area (Å²) in [4.78, 5) is 28.1. The Bertz CT molecular complexity index is 572. The third-order valence-electron chi connectivity index (χ3n) is 2.11. The number of hydrogen-bond acceptors (Lipinski definition) is 3. The number of aromatic carboxylic acids is 1. The van der Waals surface area contributed by atoms with Crippen molar-refractivity contribution in [2.45, 2.75) is 0 Å². The molecule has 0 spiro atoms. The van der Waals surface area contributed by atoms with E-state index in [0.29, 0.717) is 11.3 Å². The Labute approximate surface area is 90.4 Å². The highest BCUT2D eigenvalue weighted by molar-refractivity contribution is 5.88. The maximum absolute atomic E-state index is 11.0. The number of nitrogens with zero attached hydrogens (tertiary/aromatic N) is 1. The monoisotopic (exact) mass is 216 g/mol. The van der Waals surface area contributed by atoms with Crippen molar-refractivity contribution in [1.29, 1.82) is 0 Å². The maximum Gasteiger partial charge on any atom is 0.335 e. The van der Waals surface area contributed by atoms with Crippen molar-refractivity contribution in [3.63, 3.8) is 0 Å². The Hall–Kier alpha value is -2.43. The largest absolute Gasteiger partial charge is 0.478 e. The number of carboxylic acid groups (broad SMARTS) is 1. The number of carbonyl (C=O) groups is 1. The average molecular weight is 216 g/mol. The first-order chi connectivity index (χ1) is 7.66. The zero-order valence-corrected chi connectivity index (χ0v) is 8.18. The Morgan fingerprint density at radius 1 is 1.25 bits per heavy atom. The second kappa shape index (κ2) is 3.98. The molecule has 0 aliphatic rings. The van der Waals surface area contributed by atoms with Crippen LogP contribution in [0.5, 0.6) is 0 Å². The lowest BCUT2D eigenvalue weighted by molar-refractivity contribution is 0.0697. The van der Waals surface area contributed by atoms with Gasteiger partial charge in [0.1, 0.15) is 0 Å². The van der Waals surface area contributed by atoms with Crippen LogP contribution in [0.25, 0.3) is 11.3 Å². The van der Waals surface area contributed by atoms with Gasteiger partial charge in [0.2, 0.25) is 0 Å². The molecule has 0 saturated carbocycles. The minimum Gasteiger partial charge on any atom is -0.478 e. The predicted molar refractivity (Wildman–Crippen MR) is 57.3 cm³/mol. The summed E-state index contributed by atoms with van der Waals surface area (Å²) in [6.07, 6.45) is 1.31. The highest BCUT2D eigenvalue weighted by Gasteiger charge is 2.03. The molecule has 2 rings (SSSR count). The third kappa shape index (κ3) is 1.98. The number of H-pyrrole nitrogens is 1. The first-order valence-corrected chi connectivity index (χ1v) is 4.55. The summed E-state index contributed by atoms with van der Waals surface area (Å²) in [7, 11) is 0. The van der Waals surface area contributed by atoms with Gasteiger partial charge in [0.25, 0.3) is 5.56 Å². The molecule has 1 heterocycles. The van der Waals surface area contributed by atoms with Crippen molar-refractivity contribution in [2.75, 3.05) is 0 Å². The lowest BCUT2D eigenvalue weighted by atomic mass is 10.1. The summed E-state index contributed by atoms with van der Waals surface area (Å²) >= 11 is 0. The van der Waals surface area contributed by atoms with Crippen molar-refractivity contribution in [2.24, 2.45) is 0 Å². The Morgan fingerprint density at radius 2 is 1.94 bits per heavy atom. The summed E-state index contributed by atoms with van der Waals surface area (Å²) in [5.74, 6) is -0.981. The van der Waals surface area contributed by atoms with Gasteiger partial charge in [0, 0.05) is 11.6 Å². The molecule has 0 unspecified atom stereocenters. The molecule has 0 bridgehead atoms. The maximum atomic E-state index is 11.0. The summed E-state index contributed by atoms with van der Waals surface area (Å²) in [6, 6.07) is 7.54. The van der Waals surface area contributed by atoms with Gasteiger partial charge >= 0.3 is 5.97 Å². The second-order valence-corrected chi connectivity index (χ2v) is 3.18. The Balaban J connectivity index is 2.42. The minimum atomic E-state index is -0.981. The SMILES string of the molecule is O=C(O)c1ccc(-c2cc(=O)[nH]cn2)cc1. The van der Waals surface area contributed by atoms with Crippen LogP contribution in [-0.2, 0) is 0 Å². The molecule has 1 aromatic heterocycles. The smallest absolute Gasteiger partial charge is 0.335 e. The van der Waals surface area contributed by atoms with Crippen molar-refractivity contribution in [3.8, 4) is 11.3 Å². The van der Waals surface area contributed by atoms with Gasteiger partial charge in [-0.15, -0.1) is 0 Å². The molecule has 2 N–H and O–H groups in total. The highest BCUT2D eigenvalue weighted by Crippen LogP contribution is 2.15. The first kappa shape index (κ1) is 10.1. The van der Waals surface area contributed by atoms with E-state index in [9.17, 15) is 9.59 Å². The van der Waals surface area contributed by atoms with Crippen LogP contribution >= 0.6 is 0 Å².